The number of nitriles is 1. The van der Waals surface area contributed by atoms with E-state index in [1.165, 1.54) is 11.8 Å². The van der Waals surface area contributed by atoms with Crippen molar-refractivity contribution in [2.75, 3.05) is 5.32 Å². The van der Waals surface area contributed by atoms with Crippen molar-refractivity contribution in [2.45, 2.75) is 10.8 Å². The number of thioether (sulfide) groups is 1. The summed E-state index contributed by atoms with van der Waals surface area (Å²) >= 11 is 7.47. The summed E-state index contributed by atoms with van der Waals surface area (Å²) in [5.74, 6) is 0.363. The molecule has 0 aliphatic heterocycles. The molecule has 0 atom stereocenters. The summed E-state index contributed by atoms with van der Waals surface area (Å²) in [4.78, 5) is 27.8. The predicted molar refractivity (Wildman–Crippen MR) is 120 cm³/mol. The maximum Gasteiger partial charge on any atom is 0.268 e. The summed E-state index contributed by atoms with van der Waals surface area (Å²) in [7, 11) is 0. The highest BCUT2D eigenvalue weighted by molar-refractivity contribution is 7.98. The smallest absolute Gasteiger partial charge is 0.268 e. The first-order chi connectivity index (χ1) is 15.6. The fourth-order valence-corrected chi connectivity index (χ4v) is 4.07. The Morgan fingerprint density at radius 3 is 2.72 bits per heavy atom. The average molecular weight is 464 g/mol. The Bertz CT molecular complexity index is 1370. The maximum atomic E-state index is 12.7. The Morgan fingerprint density at radius 2 is 2.00 bits per heavy atom. The van der Waals surface area contributed by atoms with Crippen LogP contribution in [0.2, 0.25) is 5.02 Å². The molecule has 0 saturated carbocycles. The van der Waals surface area contributed by atoms with Gasteiger partial charge in [-0.1, -0.05) is 58.9 Å². The number of pyridine rings is 1. The molecule has 9 nitrogen and oxygen atoms in total. The number of benzene rings is 2. The van der Waals surface area contributed by atoms with Crippen LogP contribution in [0.25, 0.3) is 11.1 Å². The minimum Gasteiger partial charge on any atom is -0.322 e. The van der Waals surface area contributed by atoms with Gasteiger partial charge in [0.2, 0.25) is 0 Å². The molecule has 11 heteroatoms. The highest BCUT2D eigenvalue weighted by Crippen LogP contribution is 2.34. The average Bonchev–Trinajstić information content (AvgIpc) is 3.34. The molecule has 4 aromatic rings. The van der Waals surface area contributed by atoms with Crippen LogP contribution < -0.4 is 10.9 Å². The zero-order chi connectivity index (χ0) is 22.5. The van der Waals surface area contributed by atoms with Crippen LogP contribution in [0.4, 0.5) is 5.69 Å². The van der Waals surface area contributed by atoms with Crippen LogP contribution in [0.5, 0.6) is 0 Å². The van der Waals surface area contributed by atoms with Crippen molar-refractivity contribution < 1.29 is 4.79 Å². The van der Waals surface area contributed by atoms with Crippen LogP contribution in [0.1, 0.15) is 21.7 Å². The maximum absolute atomic E-state index is 12.7. The lowest BCUT2D eigenvalue weighted by Gasteiger charge is -2.12. The second-order valence-electron chi connectivity index (χ2n) is 6.48. The number of halogens is 1. The minimum absolute atomic E-state index is 0.133. The molecule has 3 N–H and O–H groups in total. The van der Waals surface area contributed by atoms with Gasteiger partial charge in [0.25, 0.3) is 11.5 Å². The van der Waals surface area contributed by atoms with Gasteiger partial charge in [-0.25, -0.2) is 0 Å². The number of rotatable bonds is 6. The highest BCUT2D eigenvalue weighted by Gasteiger charge is 2.20. The Balaban J connectivity index is 1.71. The lowest BCUT2D eigenvalue weighted by atomic mass is 10.00. The van der Waals surface area contributed by atoms with Gasteiger partial charge >= 0.3 is 0 Å². The van der Waals surface area contributed by atoms with Crippen LogP contribution in [0.15, 0.2) is 64.4 Å². The van der Waals surface area contributed by atoms with Crippen LogP contribution in [0.3, 0.4) is 0 Å². The molecule has 32 heavy (non-hydrogen) atoms. The Morgan fingerprint density at radius 1 is 1.19 bits per heavy atom. The molecule has 2 aromatic carbocycles. The number of nitrogens with zero attached hydrogens (tertiary/aromatic N) is 4. The molecular formula is C21H14ClN7O2S. The molecule has 0 bridgehead atoms. The van der Waals surface area contributed by atoms with Crippen LogP contribution >= 0.6 is 23.4 Å². The van der Waals surface area contributed by atoms with Crippen molar-refractivity contribution in [3.05, 3.63) is 86.9 Å². The molecule has 4 rings (SSSR count). The quantitative estimate of drug-likeness (QED) is 0.371. The van der Waals surface area contributed by atoms with Gasteiger partial charge in [0.15, 0.2) is 5.82 Å². The van der Waals surface area contributed by atoms with Crippen molar-refractivity contribution in [1.82, 2.24) is 25.6 Å². The van der Waals surface area contributed by atoms with Gasteiger partial charge in [-0.15, -0.1) is 10.2 Å². The summed E-state index contributed by atoms with van der Waals surface area (Å²) in [5, 5.41) is 26.4. The lowest BCUT2D eigenvalue weighted by Crippen LogP contribution is -2.13. The fourth-order valence-electron chi connectivity index (χ4n) is 2.96. The van der Waals surface area contributed by atoms with Crippen molar-refractivity contribution in [3.8, 4) is 17.2 Å². The van der Waals surface area contributed by atoms with Gasteiger partial charge in [-0.3, -0.25) is 9.59 Å². The van der Waals surface area contributed by atoms with Crippen LogP contribution in [0, 0.1) is 11.3 Å². The van der Waals surface area contributed by atoms with E-state index in [2.05, 4.69) is 37.0 Å². The van der Waals surface area contributed by atoms with E-state index >= 15 is 0 Å². The second-order valence-corrected chi connectivity index (χ2v) is 7.84. The molecule has 2 aromatic heterocycles. The third kappa shape index (κ3) is 4.54. The third-order valence-corrected chi connectivity index (χ3v) is 5.77. The van der Waals surface area contributed by atoms with Crippen molar-refractivity contribution in [1.29, 1.82) is 5.26 Å². The standard InChI is InChI=1S/C21H14ClN7O2S/c22-18-17(15(10-23)21(25-20(18)31)32-11-16-26-28-29-27-16)12-5-4-6-13(9-12)19(30)24-14-7-2-1-3-8-14/h1-9H,11H2,(H,24,30)(H,25,31)(H,26,27,28,29). The number of aromatic amines is 2. The van der Waals surface area contributed by atoms with E-state index in [1.807, 2.05) is 18.2 Å². The molecule has 0 fully saturated rings. The lowest BCUT2D eigenvalue weighted by molar-refractivity contribution is 0.102. The molecular weight excluding hydrogens is 450 g/mol. The second kappa shape index (κ2) is 9.47. The van der Waals surface area contributed by atoms with Crippen molar-refractivity contribution in [3.63, 3.8) is 0 Å². The number of anilines is 1. The van der Waals surface area contributed by atoms with Crippen molar-refractivity contribution >= 4 is 35.0 Å². The number of carbonyl (C=O) groups excluding carboxylic acids is 1. The van der Waals surface area contributed by atoms with Crippen LogP contribution in [-0.4, -0.2) is 31.5 Å². The Labute approximate surface area is 190 Å². The normalized spacial score (nSPS) is 10.5. The van der Waals surface area contributed by atoms with Gasteiger partial charge in [-0.2, -0.15) is 10.5 Å². The third-order valence-electron chi connectivity index (χ3n) is 4.41. The molecule has 158 valence electrons. The summed E-state index contributed by atoms with van der Waals surface area (Å²) in [6.45, 7) is 0. The Kier molecular flexibility index (Phi) is 6.30. The first-order valence-electron chi connectivity index (χ1n) is 9.24. The monoisotopic (exact) mass is 463 g/mol. The number of H-pyrrole nitrogens is 2. The zero-order valence-electron chi connectivity index (χ0n) is 16.3. The molecule has 2 heterocycles. The molecule has 0 aliphatic carbocycles. The molecule has 0 saturated heterocycles. The summed E-state index contributed by atoms with van der Waals surface area (Å²) in [5.41, 5.74) is 1.37. The largest absolute Gasteiger partial charge is 0.322 e. The number of tetrazole rings is 1. The number of nitrogens with one attached hydrogen (secondary N) is 3. The molecule has 0 spiro atoms. The van der Waals surface area contributed by atoms with E-state index in [-0.39, 0.29) is 27.8 Å². The number of hydrogen-bond acceptors (Lipinski definition) is 7. The number of carbonyl (C=O) groups is 1. The summed E-state index contributed by atoms with van der Waals surface area (Å²) < 4.78 is 0. The first-order valence-corrected chi connectivity index (χ1v) is 10.6. The van der Waals surface area contributed by atoms with E-state index < -0.39 is 5.56 Å². The minimum atomic E-state index is -0.546. The predicted octanol–water partition coefficient (Wildman–Crippen LogP) is 3.62. The topological polar surface area (TPSA) is 140 Å². The molecule has 0 aliphatic rings. The number of hydrogen-bond donors (Lipinski definition) is 3. The van der Waals surface area contributed by atoms with Crippen LogP contribution in [-0.2, 0) is 5.75 Å². The van der Waals surface area contributed by atoms with Gasteiger partial charge < -0.3 is 10.3 Å². The van der Waals surface area contributed by atoms with Gasteiger partial charge in [0, 0.05) is 16.8 Å². The van der Waals surface area contributed by atoms with Gasteiger partial charge in [0.1, 0.15) is 11.1 Å². The summed E-state index contributed by atoms with van der Waals surface area (Å²) in [6, 6.07) is 17.7. The molecule has 0 radical (unpaired) electrons. The molecule has 0 unspecified atom stereocenters. The molecule has 1 amide bonds. The zero-order valence-corrected chi connectivity index (χ0v) is 17.9. The highest BCUT2D eigenvalue weighted by atomic mass is 35.5. The number of aromatic nitrogens is 5. The number of para-hydroxylation sites is 1. The van der Waals surface area contributed by atoms with E-state index in [1.54, 1.807) is 36.4 Å². The SMILES string of the molecule is N#Cc1c(SCc2nn[nH]n2)[nH]c(=O)c(Cl)c1-c1cccc(C(=O)Nc2ccccc2)c1. The van der Waals surface area contributed by atoms with Gasteiger partial charge in [0.05, 0.1) is 16.3 Å². The first kappa shape index (κ1) is 21.3. The van der Waals surface area contributed by atoms with Gasteiger partial charge in [-0.05, 0) is 29.8 Å². The van der Waals surface area contributed by atoms with E-state index in [9.17, 15) is 14.9 Å². The van der Waals surface area contributed by atoms with Crippen molar-refractivity contribution in [2.24, 2.45) is 0 Å². The number of amides is 1. The van der Waals surface area contributed by atoms with E-state index in [0.29, 0.717) is 27.7 Å². The Hall–Kier alpha value is -3.94. The van der Waals surface area contributed by atoms with E-state index in [0.717, 1.165) is 0 Å². The fraction of sp³-hybridized carbons (Fsp3) is 0.0476. The summed E-state index contributed by atoms with van der Waals surface area (Å²) in [6.07, 6.45) is 0. The van der Waals surface area contributed by atoms with E-state index in [4.69, 9.17) is 11.6 Å².